The zero-order valence-corrected chi connectivity index (χ0v) is 22.6. The largest absolute Gasteiger partial charge is 0.497 e. The number of rotatable bonds is 7. The SMILES string of the molecule is COc1cc(OC)cc(C(=O)N2CCN(c3nc(CCc4ccccc4)nc4sc(C)c(C)c34)CC2)c1. The quantitative estimate of drug-likeness (QED) is 0.342. The van der Waals surface area contributed by atoms with Gasteiger partial charge in [-0.1, -0.05) is 30.3 Å². The number of anilines is 1. The summed E-state index contributed by atoms with van der Waals surface area (Å²) in [7, 11) is 3.18. The summed E-state index contributed by atoms with van der Waals surface area (Å²) in [5.41, 5.74) is 3.10. The number of ether oxygens (including phenoxy) is 2. The number of carbonyl (C=O) groups is 1. The van der Waals surface area contributed by atoms with Crippen molar-refractivity contribution in [3.63, 3.8) is 0 Å². The molecular formula is C29H32N4O3S. The summed E-state index contributed by atoms with van der Waals surface area (Å²) in [6, 6.07) is 15.8. The third-order valence-corrected chi connectivity index (χ3v) is 8.10. The fourth-order valence-corrected chi connectivity index (χ4v) is 5.79. The summed E-state index contributed by atoms with van der Waals surface area (Å²) in [5, 5.41) is 1.14. The fraction of sp³-hybridized carbons (Fsp3) is 0.345. The molecule has 192 valence electrons. The average molecular weight is 517 g/mol. The molecule has 1 aliphatic rings. The Labute approximate surface area is 221 Å². The van der Waals surface area contributed by atoms with E-state index in [4.69, 9.17) is 19.4 Å². The van der Waals surface area contributed by atoms with Crippen LogP contribution in [0.1, 0.15) is 32.2 Å². The second kappa shape index (κ2) is 10.8. The van der Waals surface area contributed by atoms with E-state index >= 15 is 0 Å². The molecule has 0 N–H and O–H groups in total. The molecule has 8 heteroatoms. The smallest absolute Gasteiger partial charge is 0.254 e. The first-order chi connectivity index (χ1) is 18.0. The topological polar surface area (TPSA) is 67.8 Å². The number of aryl methyl sites for hydroxylation is 4. The normalized spacial score (nSPS) is 13.7. The van der Waals surface area contributed by atoms with E-state index < -0.39 is 0 Å². The van der Waals surface area contributed by atoms with Crippen LogP contribution in [0.2, 0.25) is 0 Å². The van der Waals surface area contributed by atoms with Gasteiger partial charge in [0.25, 0.3) is 5.91 Å². The van der Waals surface area contributed by atoms with Gasteiger partial charge in [-0.15, -0.1) is 11.3 Å². The van der Waals surface area contributed by atoms with Gasteiger partial charge in [0, 0.05) is 49.1 Å². The van der Waals surface area contributed by atoms with Crippen LogP contribution in [0.25, 0.3) is 10.2 Å². The Hall–Kier alpha value is -3.65. The monoisotopic (exact) mass is 516 g/mol. The van der Waals surface area contributed by atoms with E-state index in [9.17, 15) is 4.79 Å². The highest BCUT2D eigenvalue weighted by molar-refractivity contribution is 7.18. The molecule has 0 saturated carbocycles. The van der Waals surface area contributed by atoms with Crippen LogP contribution >= 0.6 is 11.3 Å². The van der Waals surface area contributed by atoms with E-state index in [2.05, 4.69) is 43.0 Å². The third-order valence-electron chi connectivity index (χ3n) is 7.00. The van der Waals surface area contributed by atoms with E-state index in [0.717, 1.165) is 34.7 Å². The predicted octanol–water partition coefficient (Wildman–Crippen LogP) is 5.07. The number of hydrogen-bond donors (Lipinski definition) is 0. The van der Waals surface area contributed by atoms with Crippen LogP contribution in [0, 0.1) is 13.8 Å². The number of hydrogen-bond acceptors (Lipinski definition) is 7. The standard InChI is InChI=1S/C29H32N4O3S/c1-19-20(2)37-28-26(19)27(30-25(31-28)11-10-21-8-6-5-7-9-21)32-12-14-33(15-13-32)29(34)22-16-23(35-3)18-24(17-22)36-4/h5-9,16-18H,10-15H2,1-4H3. The van der Waals surface area contributed by atoms with E-state index in [1.54, 1.807) is 43.8 Å². The van der Waals surface area contributed by atoms with Crippen molar-refractivity contribution in [1.29, 1.82) is 0 Å². The Morgan fingerprint density at radius 2 is 1.59 bits per heavy atom. The lowest BCUT2D eigenvalue weighted by molar-refractivity contribution is 0.0746. The molecule has 2 aromatic heterocycles. The minimum atomic E-state index is -0.0178. The van der Waals surface area contributed by atoms with Gasteiger partial charge in [0.05, 0.1) is 19.6 Å². The van der Waals surface area contributed by atoms with Gasteiger partial charge in [0.1, 0.15) is 28.0 Å². The molecule has 0 bridgehead atoms. The van der Waals surface area contributed by atoms with Crippen molar-refractivity contribution in [2.24, 2.45) is 0 Å². The van der Waals surface area contributed by atoms with Crippen molar-refractivity contribution < 1.29 is 14.3 Å². The highest BCUT2D eigenvalue weighted by atomic mass is 32.1. The number of aromatic nitrogens is 2. The summed E-state index contributed by atoms with van der Waals surface area (Å²) < 4.78 is 10.7. The fourth-order valence-electron chi connectivity index (χ4n) is 4.75. The lowest BCUT2D eigenvalue weighted by Crippen LogP contribution is -2.49. The Morgan fingerprint density at radius 1 is 0.919 bits per heavy atom. The molecule has 1 amide bonds. The average Bonchev–Trinajstić information content (AvgIpc) is 3.24. The lowest BCUT2D eigenvalue weighted by atomic mass is 10.1. The number of benzene rings is 2. The molecule has 37 heavy (non-hydrogen) atoms. The van der Waals surface area contributed by atoms with Crippen LogP contribution in [0.4, 0.5) is 5.82 Å². The van der Waals surface area contributed by atoms with Crippen LogP contribution in [-0.2, 0) is 12.8 Å². The molecule has 5 rings (SSSR count). The van der Waals surface area contributed by atoms with Crippen LogP contribution in [0.3, 0.4) is 0 Å². The number of amides is 1. The molecule has 4 aromatic rings. The highest BCUT2D eigenvalue weighted by Crippen LogP contribution is 2.35. The minimum Gasteiger partial charge on any atom is -0.497 e. The summed E-state index contributed by atoms with van der Waals surface area (Å²) in [5.74, 6) is 3.06. The Morgan fingerprint density at radius 3 is 2.24 bits per heavy atom. The molecular weight excluding hydrogens is 484 g/mol. The Balaban J connectivity index is 1.36. The van der Waals surface area contributed by atoms with Crippen molar-refractivity contribution in [3.8, 4) is 11.5 Å². The first kappa shape index (κ1) is 25.0. The van der Waals surface area contributed by atoms with Gasteiger partial charge in [0.2, 0.25) is 0 Å². The second-order valence-electron chi connectivity index (χ2n) is 9.29. The molecule has 7 nitrogen and oxygen atoms in total. The summed E-state index contributed by atoms with van der Waals surface area (Å²) >= 11 is 1.74. The Bertz CT molecular complexity index is 1390. The van der Waals surface area contributed by atoms with Gasteiger partial charge >= 0.3 is 0 Å². The first-order valence-corrected chi connectivity index (χ1v) is 13.4. The van der Waals surface area contributed by atoms with E-state index in [1.165, 1.54) is 16.0 Å². The summed E-state index contributed by atoms with van der Waals surface area (Å²) in [4.78, 5) is 29.8. The van der Waals surface area contributed by atoms with Crippen LogP contribution in [-0.4, -0.2) is 61.2 Å². The van der Waals surface area contributed by atoms with Gasteiger partial charge < -0.3 is 19.3 Å². The number of carbonyl (C=O) groups excluding carboxylic acids is 1. The molecule has 0 unspecified atom stereocenters. The second-order valence-corrected chi connectivity index (χ2v) is 10.5. The van der Waals surface area contributed by atoms with E-state index in [-0.39, 0.29) is 5.91 Å². The molecule has 0 atom stereocenters. The molecule has 1 saturated heterocycles. The molecule has 1 fully saturated rings. The molecule has 0 radical (unpaired) electrons. The maximum absolute atomic E-state index is 13.3. The zero-order valence-electron chi connectivity index (χ0n) is 21.8. The third kappa shape index (κ3) is 5.25. The lowest BCUT2D eigenvalue weighted by Gasteiger charge is -2.36. The van der Waals surface area contributed by atoms with E-state index in [1.807, 2.05) is 11.0 Å². The molecule has 0 spiro atoms. The highest BCUT2D eigenvalue weighted by Gasteiger charge is 2.26. The maximum Gasteiger partial charge on any atom is 0.254 e. The van der Waals surface area contributed by atoms with Gasteiger partial charge in [-0.2, -0.15) is 0 Å². The van der Waals surface area contributed by atoms with Gasteiger partial charge in [-0.3, -0.25) is 4.79 Å². The van der Waals surface area contributed by atoms with Gasteiger partial charge in [-0.25, -0.2) is 9.97 Å². The van der Waals surface area contributed by atoms with Crippen molar-refractivity contribution in [2.45, 2.75) is 26.7 Å². The molecule has 3 heterocycles. The van der Waals surface area contributed by atoms with Crippen LogP contribution in [0.15, 0.2) is 48.5 Å². The van der Waals surface area contributed by atoms with Crippen LogP contribution in [0.5, 0.6) is 11.5 Å². The van der Waals surface area contributed by atoms with Crippen LogP contribution < -0.4 is 14.4 Å². The predicted molar refractivity (Wildman–Crippen MR) is 148 cm³/mol. The Kier molecular flexibility index (Phi) is 7.28. The summed E-state index contributed by atoms with van der Waals surface area (Å²) in [6.07, 6.45) is 1.69. The van der Waals surface area contributed by atoms with Crippen molar-refractivity contribution in [1.82, 2.24) is 14.9 Å². The zero-order chi connectivity index (χ0) is 25.9. The number of thiophene rings is 1. The number of piperazine rings is 1. The number of nitrogens with zero attached hydrogens (tertiary/aromatic N) is 4. The minimum absolute atomic E-state index is 0.0178. The summed E-state index contributed by atoms with van der Waals surface area (Å²) in [6.45, 7) is 6.96. The number of fused-ring (bicyclic) bond motifs is 1. The maximum atomic E-state index is 13.3. The molecule has 0 aliphatic carbocycles. The van der Waals surface area contributed by atoms with E-state index in [0.29, 0.717) is 43.2 Å². The number of methoxy groups -OCH3 is 2. The van der Waals surface area contributed by atoms with Crippen molar-refractivity contribution >= 4 is 33.3 Å². The van der Waals surface area contributed by atoms with Crippen molar-refractivity contribution in [3.05, 3.63) is 75.9 Å². The molecule has 2 aromatic carbocycles. The first-order valence-electron chi connectivity index (χ1n) is 12.5. The van der Waals surface area contributed by atoms with Gasteiger partial charge in [0.15, 0.2) is 0 Å². The molecule has 1 aliphatic heterocycles. The van der Waals surface area contributed by atoms with Gasteiger partial charge in [-0.05, 0) is 43.5 Å². The van der Waals surface area contributed by atoms with Crippen molar-refractivity contribution in [2.75, 3.05) is 45.3 Å².